The number of aliphatic hydroxyl groups excluding tert-OH is 3. The van der Waals surface area contributed by atoms with E-state index in [1.54, 1.807) is 0 Å². The van der Waals surface area contributed by atoms with E-state index in [0.717, 1.165) is 0 Å². The zero-order valence-corrected chi connectivity index (χ0v) is 5.13. The zero-order chi connectivity index (χ0) is 7.82. The van der Waals surface area contributed by atoms with Crippen molar-refractivity contribution in [3.05, 3.63) is 0 Å². The molecule has 0 aromatic rings. The van der Waals surface area contributed by atoms with Crippen LogP contribution in [0.25, 0.3) is 0 Å². The summed E-state index contributed by atoms with van der Waals surface area (Å²) in [6, 6.07) is 0. The van der Waals surface area contributed by atoms with Gasteiger partial charge in [-0.25, -0.2) is 14.5 Å². The summed E-state index contributed by atoms with van der Waals surface area (Å²) in [6.07, 6.45) is 0. The predicted molar refractivity (Wildman–Crippen MR) is 26.4 cm³/mol. The largest absolute Gasteiger partial charge is 0.369 e. The number of nitrogens with zero attached hydrogens (tertiary/aromatic N) is 1. The van der Waals surface area contributed by atoms with Crippen LogP contribution in [0, 0.1) is 0 Å². The van der Waals surface area contributed by atoms with Crippen molar-refractivity contribution < 1.29 is 29.8 Å². The van der Waals surface area contributed by atoms with Crippen LogP contribution < -0.4 is 0 Å². The molecular formula is C3H9NO6. The summed E-state index contributed by atoms with van der Waals surface area (Å²) in [4.78, 5) is 12.4. The van der Waals surface area contributed by atoms with Gasteiger partial charge in [0, 0.05) is 0 Å². The number of hydrogen-bond acceptors (Lipinski definition) is 7. The molecule has 0 saturated heterocycles. The van der Waals surface area contributed by atoms with Crippen LogP contribution in [0.4, 0.5) is 0 Å². The quantitative estimate of drug-likeness (QED) is 0.300. The van der Waals surface area contributed by atoms with Gasteiger partial charge in [-0.1, -0.05) is 0 Å². The Balaban J connectivity index is 3.30. The first kappa shape index (κ1) is 9.72. The van der Waals surface area contributed by atoms with Crippen LogP contribution in [0.1, 0.15) is 0 Å². The van der Waals surface area contributed by atoms with E-state index in [2.05, 4.69) is 14.5 Å². The lowest BCUT2D eigenvalue weighted by Gasteiger charge is -2.14. The molecule has 7 heteroatoms. The fourth-order valence-corrected chi connectivity index (χ4v) is 0.253. The summed E-state index contributed by atoms with van der Waals surface area (Å²) in [5.41, 5.74) is 0. The lowest BCUT2D eigenvalue weighted by atomic mass is 11.5. The summed E-state index contributed by atoms with van der Waals surface area (Å²) in [7, 11) is 0. The Morgan fingerprint density at radius 2 is 1.10 bits per heavy atom. The minimum Gasteiger partial charge on any atom is -0.369 e. The van der Waals surface area contributed by atoms with E-state index < -0.39 is 20.4 Å². The Bertz CT molecular complexity index is 55.7. The number of hydrogen-bond donors (Lipinski definition) is 3. The van der Waals surface area contributed by atoms with E-state index >= 15 is 0 Å². The highest BCUT2D eigenvalue weighted by Gasteiger charge is 2.03. The van der Waals surface area contributed by atoms with Gasteiger partial charge >= 0.3 is 0 Å². The molecule has 3 N–H and O–H groups in total. The Kier molecular flexibility index (Phi) is 6.64. The van der Waals surface area contributed by atoms with Gasteiger partial charge in [-0.3, -0.25) is 0 Å². The van der Waals surface area contributed by atoms with Gasteiger partial charge in [0.15, 0.2) is 20.4 Å². The first-order valence-electron chi connectivity index (χ1n) is 2.36. The number of aliphatic hydroxyl groups is 3. The molecule has 0 aliphatic rings. The molecule has 0 heterocycles. The van der Waals surface area contributed by atoms with E-state index in [0.29, 0.717) is 5.39 Å². The van der Waals surface area contributed by atoms with Gasteiger partial charge in [0.05, 0.1) is 5.39 Å². The third-order valence-electron chi connectivity index (χ3n) is 0.489. The SMILES string of the molecule is OCON(OCO)OCO. The Morgan fingerprint density at radius 1 is 0.800 bits per heavy atom. The maximum absolute atomic E-state index is 8.10. The van der Waals surface area contributed by atoms with Crippen molar-refractivity contribution in [3.8, 4) is 0 Å². The molecular weight excluding hydrogens is 146 g/mol. The molecule has 0 aromatic heterocycles. The van der Waals surface area contributed by atoms with Crippen molar-refractivity contribution in [3.63, 3.8) is 0 Å². The fourth-order valence-electron chi connectivity index (χ4n) is 0.253. The highest BCUT2D eigenvalue weighted by atomic mass is 17.2. The van der Waals surface area contributed by atoms with E-state index in [9.17, 15) is 0 Å². The molecule has 0 spiro atoms. The van der Waals surface area contributed by atoms with Crippen LogP contribution in [0.3, 0.4) is 0 Å². The second-order valence-corrected chi connectivity index (χ2v) is 0.998. The Labute approximate surface area is 56.8 Å². The van der Waals surface area contributed by atoms with Gasteiger partial charge in [-0.05, 0) is 0 Å². The molecule has 7 nitrogen and oxygen atoms in total. The monoisotopic (exact) mass is 155 g/mol. The summed E-state index contributed by atoms with van der Waals surface area (Å²) in [5, 5.41) is 24.6. The van der Waals surface area contributed by atoms with Crippen molar-refractivity contribution in [1.29, 1.82) is 0 Å². The van der Waals surface area contributed by atoms with Crippen LogP contribution in [0.5, 0.6) is 0 Å². The molecule has 0 radical (unpaired) electrons. The Morgan fingerprint density at radius 3 is 1.30 bits per heavy atom. The lowest BCUT2D eigenvalue weighted by Crippen LogP contribution is -2.26. The van der Waals surface area contributed by atoms with E-state index in [-0.39, 0.29) is 0 Å². The molecule has 62 valence electrons. The van der Waals surface area contributed by atoms with Gasteiger partial charge in [0.1, 0.15) is 0 Å². The van der Waals surface area contributed by atoms with E-state index in [1.807, 2.05) is 0 Å². The van der Waals surface area contributed by atoms with Crippen LogP contribution in [-0.4, -0.2) is 41.1 Å². The van der Waals surface area contributed by atoms with Gasteiger partial charge in [-0.15, -0.1) is 0 Å². The molecule has 10 heavy (non-hydrogen) atoms. The minimum absolute atomic E-state index is 0.292. The van der Waals surface area contributed by atoms with Crippen LogP contribution in [0.2, 0.25) is 0 Å². The summed E-state index contributed by atoms with van der Waals surface area (Å²) in [6.45, 7) is -2.04. The molecule has 0 unspecified atom stereocenters. The van der Waals surface area contributed by atoms with Crippen LogP contribution in [0.15, 0.2) is 0 Å². The molecule has 0 amide bonds. The molecule has 0 aliphatic carbocycles. The summed E-state index contributed by atoms with van der Waals surface area (Å²) < 4.78 is 0. The van der Waals surface area contributed by atoms with Gasteiger partial charge in [0.25, 0.3) is 0 Å². The highest BCUT2D eigenvalue weighted by molar-refractivity contribution is 3.86. The van der Waals surface area contributed by atoms with Crippen molar-refractivity contribution in [2.75, 3.05) is 20.4 Å². The van der Waals surface area contributed by atoms with Gasteiger partial charge in [-0.2, -0.15) is 0 Å². The van der Waals surface area contributed by atoms with Crippen molar-refractivity contribution in [1.82, 2.24) is 5.39 Å². The zero-order valence-electron chi connectivity index (χ0n) is 5.13. The average Bonchev–Trinajstić information content (AvgIpc) is 1.90. The maximum Gasteiger partial charge on any atom is 0.169 e. The molecule has 0 bridgehead atoms. The second kappa shape index (κ2) is 6.83. The smallest absolute Gasteiger partial charge is 0.169 e. The first-order valence-corrected chi connectivity index (χ1v) is 2.36. The third kappa shape index (κ3) is 4.58. The Hall–Kier alpha value is -0.280. The molecule has 0 rings (SSSR count). The fraction of sp³-hybridized carbons (Fsp3) is 1.00. The molecule has 0 saturated carbocycles. The summed E-state index contributed by atoms with van der Waals surface area (Å²) >= 11 is 0. The van der Waals surface area contributed by atoms with Crippen LogP contribution in [-0.2, 0) is 14.5 Å². The molecule has 0 aliphatic heterocycles. The van der Waals surface area contributed by atoms with Gasteiger partial charge < -0.3 is 15.3 Å². The van der Waals surface area contributed by atoms with E-state index in [1.165, 1.54) is 0 Å². The standard InChI is InChI=1S/C3H9NO6/c5-1-8-4(9-2-6)10-3-7/h5-7H,1-3H2. The normalized spacial score (nSPS) is 10.8. The minimum atomic E-state index is -0.681. The van der Waals surface area contributed by atoms with Crippen molar-refractivity contribution >= 4 is 0 Å². The molecule has 0 fully saturated rings. The average molecular weight is 155 g/mol. The molecule has 0 aromatic carbocycles. The van der Waals surface area contributed by atoms with E-state index in [4.69, 9.17) is 15.3 Å². The van der Waals surface area contributed by atoms with Crippen LogP contribution >= 0.6 is 0 Å². The topological polar surface area (TPSA) is 91.6 Å². The van der Waals surface area contributed by atoms with Crippen molar-refractivity contribution in [2.45, 2.75) is 0 Å². The number of rotatable bonds is 6. The highest BCUT2D eigenvalue weighted by Crippen LogP contribution is 1.90. The van der Waals surface area contributed by atoms with Crippen molar-refractivity contribution in [2.24, 2.45) is 0 Å². The first-order chi connectivity index (χ1) is 4.85. The third-order valence-corrected chi connectivity index (χ3v) is 0.489. The molecule has 0 atom stereocenters. The maximum atomic E-state index is 8.10. The predicted octanol–water partition coefficient (Wildman–Crippen LogP) is -2.07. The van der Waals surface area contributed by atoms with Gasteiger partial charge in [0.2, 0.25) is 0 Å². The summed E-state index contributed by atoms with van der Waals surface area (Å²) in [5.74, 6) is 0. The lowest BCUT2D eigenvalue weighted by molar-refractivity contribution is -0.554. The second-order valence-electron chi connectivity index (χ2n) is 0.998.